The topological polar surface area (TPSA) is 95.6 Å². The Labute approximate surface area is 138 Å². The van der Waals surface area contributed by atoms with Gasteiger partial charge in [-0.2, -0.15) is 4.98 Å². The van der Waals surface area contributed by atoms with Crippen molar-refractivity contribution in [3.63, 3.8) is 0 Å². The van der Waals surface area contributed by atoms with E-state index in [2.05, 4.69) is 25.2 Å². The molecule has 0 aromatic carbocycles. The molecule has 1 saturated heterocycles. The molecule has 2 aliphatic heterocycles. The molecule has 0 spiro atoms. The summed E-state index contributed by atoms with van der Waals surface area (Å²) in [6.07, 6.45) is 3.56. The number of piperazine rings is 1. The predicted molar refractivity (Wildman–Crippen MR) is 84.8 cm³/mol. The lowest BCUT2D eigenvalue weighted by atomic mass is 10.3. The number of rotatable bonds is 3. The van der Waals surface area contributed by atoms with Crippen molar-refractivity contribution in [2.45, 2.75) is 6.54 Å². The fourth-order valence-corrected chi connectivity index (χ4v) is 2.75. The summed E-state index contributed by atoms with van der Waals surface area (Å²) >= 11 is 0. The minimum atomic E-state index is -0.154. The highest BCUT2D eigenvalue weighted by Crippen LogP contribution is 2.30. The van der Waals surface area contributed by atoms with Crippen molar-refractivity contribution < 1.29 is 14.3 Å². The quantitative estimate of drug-likeness (QED) is 0.867. The second kappa shape index (κ2) is 6.36. The maximum Gasteiger partial charge on any atom is 0.323 e. The van der Waals surface area contributed by atoms with Crippen LogP contribution in [0.15, 0.2) is 24.5 Å². The molecule has 0 radical (unpaired) electrons. The highest BCUT2D eigenvalue weighted by Gasteiger charge is 2.23. The van der Waals surface area contributed by atoms with Crippen molar-refractivity contribution >= 4 is 11.8 Å². The molecule has 2 aromatic rings. The first-order chi connectivity index (χ1) is 11.8. The number of H-pyrrole nitrogens is 1. The van der Waals surface area contributed by atoms with E-state index in [0.717, 1.165) is 25.5 Å². The van der Waals surface area contributed by atoms with E-state index in [0.29, 0.717) is 30.5 Å². The third-order valence-electron chi connectivity index (χ3n) is 4.06. The number of imidazole rings is 1. The van der Waals surface area contributed by atoms with Crippen molar-refractivity contribution in [1.82, 2.24) is 24.8 Å². The number of aromatic nitrogens is 3. The molecule has 0 bridgehead atoms. The molecule has 4 rings (SSSR count). The summed E-state index contributed by atoms with van der Waals surface area (Å²) in [7, 11) is 0. The Morgan fingerprint density at radius 3 is 2.92 bits per heavy atom. The molecule has 24 heavy (non-hydrogen) atoms. The van der Waals surface area contributed by atoms with Gasteiger partial charge in [0, 0.05) is 38.6 Å². The molecule has 2 amide bonds. The van der Waals surface area contributed by atoms with Gasteiger partial charge in [-0.1, -0.05) is 0 Å². The van der Waals surface area contributed by atoms with E-state index >= 15 is 0 Å². The Kier molecular flexibility index (Phi) is 3.91. The number of fused-ring (bicyclic) bond motifs is 1. The number of amides is 2. The summed E-state index contributed by atoms with van der Waals surface area (Å²) in [4.78, 5) is 28.0. The molecule has 4 heterocycles. The van der Waals surface area contributed by atoms with Crippen LogP contribution in [0.4, 0.5) is 10.6 Å². The van der Waals surface area contributed by atoms with Gasteiger partial charge in [0.25, 0.3) is 5.88 Å². The second-order valence-electron chi connectivity index (χ2n) is 5.64. The van der Waals surface area contributed by atoms with Crippen LogP contribution in [0.3, 0.4) is 0 Å². The molecule has 9 heteroatoms. The second-order valence-corrected chi connectivity index (χ2v) is 5.64. The maximum absolute atomic E-state index is 12.4. The van der Waals surface area contributed by atoms with Crippen LogP contribution in [0.1, 0.15) is 5.82 Å². The molecule has 2 aliphatic rings. The number of urea groups is 1. The van der Waals surface area contributed by atoms with E-state index in [9.17, 15) is 4.79 Å². The zero-order valence-electron chi connectivity index (χ0n) is 13.1. The Hall–Kier alpha value is -2.81. The standard InChI is InChI=1S/C15H18N6O3/c22-15(19-12-2-1-11-14(18-12)24-10-23-11)21-7-5-20(6-8-21)9-13-16-3-4-17-13/h1-4H,5-10H2,(H,16,17)(H,18,19,22). The average molecular weight is 330 g/mol. The van der Waals surface area contributed by atoms with Gasteiger partial charge in [-0.15, -0.1) is 0 Å². The van der Waals surface area contributed by atoms with Gasteiger partial charge >= 0.3 is 6.03 Å². The zero-order chi connectivity index (χ0) is 16.4. The van der Waals surface area contributed by atoms with Crippen LogP contribution in [0.5, 0.6) is 11.6 Å². The van der Waals surface area contributed by atoms with Crippen LogP contribution in [0.2, 0.25) is 0 Å². The third kappa shape index (κ3) is 3.11. The van der Waals surface area contributed by atoms with Crippen LogP contribution < -0.4 is 14.8 Å². The molecular weight excluding hydrogens is 312 g/mol. The SMILES string of the molecule is O=C(Nc1ccc2c(n1)OCO2)N1CCN(Cc2ncc[nH]2)CC1. The van der Waals surface area contributed by atoms with E-state index < -0.39 is 0 Å². The number of nitrogens with zero attached hydrogens (tertiary/aromatic N) is 4. The molecule has 0 saturated carbocycles. The first-order valence-corrected chi connectivity index (χ1v) is 7.81. The number of aromatic amines is 1. The number of hydrogen-bond acceptors (Lipinski definition) is 6. The lowest BCUT2D eigenvalue weighted by Crippen LogP contribution is -2.49. The van der Waals surface area contributed by atoms with Gasteiger partial charge in [0.05, 0.1) is 6.54 Å². The average Bonchev–Trinajstić information content (AvgIpc) is 3.26. The number of hydrogen-bond donors (Lipinski definition) is 2. The van der Waals surface area contributed by atoms with Crippen LogP contribution >= 0.6 is 0 Å². The van der Waals surface area contributed by atoms with Crippen LogP contribution in [0, 0.1) is 0 Å². The number of carbonyl (C=O) groups is 1. The van der Waals surface area contributed by atoms with Crippen molar-refractivity contribution in [2.75, 3.05) is 38.3 Å². The lowest BCUT2D eigenvalue weighted by molar-refractivity contribution is 0.141. The molecule has 0 atom stereocenters. The van der Waals surface area contributed by atoms with Gasteiger partial charge < -0.3 is 19.4 Å². The van der Waals surface area contributed by atoms with Gasteiger partial charge in [0.1, 0.15) is 11.6 Å². The molecule has 0 aliphatic carbocycles. The molecule has 1 fully saturated rings. The summed E-state index contributed by atoms with van der Waals surface area (Å²) in [5.41, 5.74) is 0. The van der Waals surface area contributed by atoms with Gasteiger partial charge in [-0.3, -0.25) is 10.2 Å². The Morgan fingerprint density at radius 1 is 1.25 bits per heavy atom. The van der Waals surface area contributed by atoms with Gasteiger partial charge in [-0.05, 0) is 12.1 Å². The number of pyridine rings is 1. The maximum atomic E-state index is 12.4. The minimum absolute atomic E-state index is 0.154. The molecular formula is C15H18N6O3. The Morgan fingerprint density at radius 2 is 2.12 bits per heavy atom. The van der Waals surface area contributed by atoms with E-state index in [-0.39, 0.29) is 12.8 Å². The highest BCUT2D eigenvalue weighted by molar-refractivity contribution is 5.88. The van der Waals surface area contributed by atoms with Crippen LogP contribution in [0.25, 0.3) is 0 Å². The van der Waals surface area contributed by atoms with Gasteiger partial charge in [0.2, 0.25) is 6.79 Å². The van der Waals surface area contributed by atoms with Gasteiger partial charge in [-0.25, -0.2) is 9.78 Å². The van der Waals surface area contributed by atoms with E-state index in [4.69, 9.17) is 9.47 Å². The molecule has 2 N–H and O–H groups in total. The molecule has 126 valence electrons. The molecule has 0 unspecified atom stereocenters. The van der Waals surface area contributed by atoms with Gasteiger partial charge in [0.15, 0.2) is 5.75 Å². The van der Waals surface area contributed by atoms with E-state index in [1.54, 1.807) is 23.2 Å². The molecule has 9 nitrogen and oxygen atoms in total. The van der Waals surface area contributed by atoms with Crippen molar-refractivity contribution in [1.29, 1.82) is 0 Å². The largest absolute Gasteiger partial charge is 0.452 e. The third-order valence-corrected chi connectivity index (χ3v) is 4.06. The first-order valence-electron chi connectivity index (χ1n) is 7.81. The van der Waals surface area contributed by atoms with E-state index in [1.165, 1.54) is 0 Å². The fourth-order valence-electron chi connectivity index (χ4n) is 2.75. The minimum Gasteiger partial charge on any atom is -0.452 e. The normalized spacial score (nSPS) is 17.1. The fraction of sp³-hybridized carbons (Fsp3) is 0.400. The summed E-state index contributed by atoms with van der Waals surface area (Å²) in [5.74, 6) is 2.41. The van der Waals surface area contributed by atoms with Crippen LogP contribution in [-0.2, 0) is 6.54 Å². The summed E-state index contributed by atoms with van der Waals surface area (Å²) in [6.45, 7) is 3.88. The number of nitrogens with one attached hydrogen (secondary N) is 2. The van der Waals surface area contributed by atoms with Crippen molar-refractivity contribution in [3.8, 4) is 11.6 Å². The Bertz CT molecular complexity index is 712. The lowest BCUT2D eigenvalue weighted by Gasteiger charge is -2.34. The smallest absolute Gasteiger partial charge is 0.323 e. The number of ether oxygens (including phenoxy) is 2. The van der Waals surface area contributed by atoms with Crippen LogP contribution in [-0.4, -0.2) is 63.8 Å². The predicted octanol–water partition coefficient (Wildman–Crippen LogP) is 0.883. The number of carbonyl (C=O) groups excluding carboxylic acids is 1. The van der Waals surface area contributed by atoms with E-state index in [1.807, 2.05) is 6.20 Å². The summed E-state index contributed by atoms with van der Waals surface area (Å²) < 4.78 is 10.4. The van der Waals surface area contributed by atoms with Crippen molar-refractivity contribution in [2.24, 2.45) is 0 Å². The summed E-state index contributed by atoms with van der Waals surface area (Å²) in [5, 5.41) is 2.81. The first kappa shape index (κ1) is 14.8. The molecule has 2 aromatic heterocycles. The number of anilines is 1. The monoisotopic (exact) mass is 330 g/mol. The zero-order valence-corrected chi connectivity index (χ0v) is 13.1. The van der Waals surface area contributed by atoms with Crippen molar-refractivity contribution in [3.05, 3.63) is 30.4 Å². The Balaban J connectivity index is 1.30. The highest BCUT2D eigenvalue weighted by atomic mass is 16.7. The summed E-state index contributed by atoms with van der Waals surface area (Å²) in [6, 6.07) is 3.30.